The average Bonchev–Trinajstić information content (AvgIpc) is 3.61. The van der Waals surface area contributed by atoms with Gasteiger partial charge in [-0.25, -0.2) is 14.4 Å². The molecule has 3 aromatic rings. The zero-order valence-corrected chi connectivity index (χ0v) is 18.8. The highest BCUT2D eigenvalue weighted by atomic mass is 19.4. The fraction of sp³-hybridized carbons (Fsp3) is 0.458. The smallest absolute Gasteiger partial charge is 0.384 e. The van der Waals surface area contributed by atoms with Crippen LogP contribution in [0, 0.1) is 24.6 Å². The van der Waals surface area contributed by atoms with Crippen molar-refractivity contribution in [1.29, 1.82) is 0 Å². The van der Waals surface area contributed by atoms with Crippen LogP contribution in [-0.2, 0) is 6.18 Å². The number of nitrogens with zero attached hydrogens (tertiary/aromatic N) is 4. The summed E-state index contributed by atoms with van der Waals surface area (Å²) >= 11 is 0. The molecule has 0 aromatic carbocycles. The summed E-state index contributed by atoms with van der Waals surface area (Å²) in [5.41, 5.74) is 5.52. The lowest BCUT2D eigenvalue weighted by Crippen LogP contribution is -2.14. The van der Waals surface area contributed by atoms with Crippen molar-refractivity contribution in [1.82, 2.24) is 25.1 Å². The maximum absolute atomic E-state index is 16.3. The average molecular weight is 472 g/mol. The number of hydrogen-bond donors (Lipinski definition) is 2. The molecular formula is C24H24F4N6. The van der Waals surface area contributed by atoms with E-state index in [0.717, 1.165) is 37.7 Å². The van der Waals surface area contributed by atoms with Crippen LogP contribution >= 0.6 is 0 Å². The van der Waals surface area contributed by atoms with E-state index in [9.17, 15) is 13.2 Å². The molecule has 2 aliphatic carbocycles. The summed E-state index contributed by atoms with van der Waals surface area (Å²) in [5.74, 6) is 0.119. The molecule has 3 N–H and O–H groups in total. The molecule has 0 radical (unpaired) electrons. The van der Waals surface area contributed by atoms with Gasteiger partial charge in [0, 0.05) is 11.5 Å². The quantitative estimate of drug-likeness (QED) is 0.531. The molecule has 3 aliphatic rings. The number of anilines is 1. The van der Waals surface area contributed by atoms with Crippen LogP contribution in [0.25, 0.3) is 27.7 Å². The number of pyridine rings is 2. The van der Waals surface area contributed by atoms with Crippen LogP contribution in [0.1, 0.15) is 54.4 Å². The van der Waals surface area contributed by atoms with Gasteiger partial charge in [-0.05, 0) is 63.3 Å². The Morgan fingerprint density at radius 2 is 1.88 bits per heavy atom. The number of aryl methyl sites for hydroxylation is 1. The summed E-state index contributed by atoms with van der Waals surface area (Å²) in [6.45, 7) is 8.72. The van der Waals surface area contributed by atoms with Crippen molar-refractivity contribution < 1.29 is 17.6 Å². The Morgan fingerprint density at radius 3 is 2.47 bits per heavy atom. The maximum Gasteiger partial charge on any atom is 0.418 e. The van der Waals surface area contributed by atoms with E-state index in [1.807, 2.05) is 0 Å². The van der Waals surface area contributed by atoms with Gasteiger partial charge in [0.15, 0.2) is 5.82 Å². The van der Waals surface area contributed by atoms with Crippen LogP contribution < -0.4 is 11.1 Å². The Hall–Kier alpha value is -3.01. The lowest BCUT2D eigenvalue weighted by Gasteiger charge is -2.17. The number of nitrogen functional groups attached to an aromatic ring is 1. The molecule has 3 fully saturated rings. The molecule has 0 spiro atoms. The normalized spacial score (nSPS) is 24.0. The van der Waals surface area contributed by atoms with Gasteiger partial charge in [-0.2, -0.15) is 18.3 Å². The fourth-order valence-corrected chi connectivity index (χ4v) is 5.59. The third-order valence-electron chi connectivity index (χ3n) is 7.28. The van der Waals surface area contributed by atoms with Gasteiger partial charge in [-0.3, -0.25) is 4.68 Å². The van der Waals surface area contributed by atoms with Crippen LogP contribution in [0.4, 0.5) is 23.4 Å². The van der Waals surface area contributed by atoms with Crippen LogP contribution in [0.5, 0.6) is 0 Å². The molecule has 34 heavy (non-hydrogen) atoms. The molecule has 0 bridgehead atoms. The Morgan fingerprint density at radius 1 is 1.21 bits per heavy atom. The number of halogens is 4. The second kappa shape index (κ2) is 7.00. The van der Waals surface area contributed by atoms with Gasteiger partial charge in [0.1, 0.15) is 17.0 Å². The van der Waals surface area contributed by atoms with Crippen LogP contribution in [-0.4, -0.2) is 32.8 Å². The van der Waals surface area contributed by atoms with Gasteiger partial charge in [0.05, 0.1) is 34.1 Å². The fourth-order valence-electron chi connectivity index (χ4n) is 5.59. The summed E-state index contributed by atoms with van der Waals surface area (Å²) in [4.78, 5) is 8.22. The zero-order chi connectivity index (χ0) is 24.1. The molecule has 2 saturated carbocycles. The van der Waals surface area contributed by atoms with E-state index in [1.54, 1.807) is 11.6 Å². The highest BCUT2D eigenvalue weighted by Gasteiger charge is 2.56. The summed E-state index contributed by atoms with van der Waals surface area (Å²) in [7, 11) is 0. The van der Waals surface area contributed by atoms with E-state index in [2.05, 4.69) is 21.9 Å². The van der Waals surface area contributed by atoms with Gasteiger partial charge in [0.2, 0.25) is 0 Å². The Bertz CT molecular complexity index is 1360. The third kappa shape index (κ3) is 3.07. The summed E-state index contributed by atoms with van der Waals surface area (Å²) in [5, 5.41) is 8.78. The van der Waals surface area contributed by atoms with Crippen LogP contribution in [0.3, 0.4) is 0 Å². The lowest BCUT2D eigenvalue weighted by molar-refractivity contribution is -0.137. The largest absolute Gasteiger partial charge is 0.418 e. The first-order valence-electron chi connectivity index (χ1n) is 11.4. The predicted octanol–water partition coefficient (Wildman–Crippen LogP) is 4.84. The number of rotatable bonds is 4. The zero-order valence-electron chi connectivity index (χ0n) is 18.8. The van der Waals surface area contributed by atoms with Crippen molar-refractivity contribution >= 4 is 22.3 Å². The summed E-state index contributed by atoms with van der Waals surface area (Å²) < 4.78 is 60.0. The topological polar surface area (TPSA) is 81.7 Å². The summed E-state index contributed by atoms with van der Waals surface area (Å²) in [6, 6.07) is 1.08. The highest BCUT2D eigenvalue weighted by molar-refractivity contribution is 5.95. The first-order valence-corrected chi connectivity index (χ1v) is 11.4. The number of fused-ring (bicyclic) bond motifs is 2. The number of allylic oxidation sites excluding steroid dienone is 1. The Balaban J connectivity index is 1.67. The highest BCUT2D eigenvalue weighted by Crippen LogP contribution is 2.58. The molecular weight excluding hydrogens is 448 g/mol. The molecule has 6 rings (SSSR count). The van der Waals surface area contributed by atoms with Crippen molar-refractivity contribution in [3.63, 3.8) is 0 Å². The molecule has 6 nitrogen and oxygen atoms in total. The Labute approximate surface area is 193 Å². The Kier molecular flexibility index (Phi) is 4.43. The van der Waals surface area contributed by atoms with Gasteiger partial charge >= 0.3 is 6.18 Å². The SMILES string of the molecule is C=C(C)c1nc(-c2cc(N)nc(C)c2C(F)(F)F)c(F)c2c1c(C1[C@H]3CNC[C@@H]13)nn2C1CC1. The number of aromatic nitrogens is 4. The number of alkyl halides is 3. The minimum absolute atomic E-state index is 0.0296. The molecule has 3 atom stereocenters. The van der Waals surface area contributed by atoms with Crippen LogP contribution in [0.15, 0.2) is 12.6 Å². The second-order valence-corrected chi connectivity index (χ2v) is 9.75. The molecule has 1 saturated heterocycles. The van der Waals surface area contributed by atoms with E-state index in [4.69, 9.17) is 10.8 Å². The maximum atomic E-state index is 16.3. The number of nitrogens with one attached hydrogen (secondary N) is 1. The van der Waals surface area contributed by atoms with E-state index in [-0.39, 0.29) is 29.0 Å². The minimum atomic E-state index is -4.76. The van der Waals surface area contributed by atoms with Gasteiger partial charge in [0.25, 0.3) is 0 Å². The van der Waals surface area contributed by atoms with Crippen molar-refractivity contribution in [3.05, 3.63) is 41.1 Å². The van der Waals surface area contributed by atoms with Gasteiger partial charge in [-0.15, -0.1) is 0 Å². The molecule has 4 heterocycles. The van der Waals surface area contributed by atoms with Crippen LogP contribution in [0.2, 0.25) is 0 Å². The van der Waals surface area contributed by atoms with Crippen molar-refractivity contribution in [2.24, 2.45) is 11.8 Å². The standard InChI is InChI=1S/C24H24F4N6/c1-9(2)20-17-22(16-13-7-30-8-14(13)16)33-34(11-4-5-11)23(17)19(25)21(32-20)12-6-15(29)31-10(3)18(12)24(26,27)28/h6,11,13-14,16,30H,1,4-5,7-8H2,2-3H3,(H2,29,31)/t13-,14+,16?. The molecule has 1 unspecified atom stereocenters. The second-order valence-electron chi connectivity index (χ2n) is 9.75. The van der Waals surface area contributed by atoms with Crippen molar-refractivity contribution in [3.8, 4) is 11.3 Å². The molecule has 178 valence electrons. The van der Waals surface area contributed by atoms with E-state index < -0.39 is 28.8 Å². The summed E-state index contributed by atoms with van der Waals surface area (Å²) in [6.07, 6.45) is -3.05. The first kappa shape index (κ1) is 21.5. The third-order valence-corrected chi connectivity index (χ3v) is 7.28. The minimum Gasteiger partial charge on any atom is -0.384 e. The van der Waals surface area contributed by atoms with Crippen molar-refractivity contribution in [2.75, 3.05) is 18.8 Å². The monoisotopic (exact) mass is 472 g/mol. The predicted molar refractivity (Wildman–Crippen MR) is 120 cm³/mol. The van der Waals surface area contributed by atoms with Crippen molar-refractivity contribution in [2.45, 2.75) is 44.8 Å². The van der Waals surface area contributed by atoms with E-state index in [0.29, 0.717) is 28.5 Å². The number of piperidine rings is 1. The van der Waals surface area contributed by atoms with Gasteiger partial charge < -0.3 is 11.1 Å². The van der Waals surface area contributed by atoms with E-state index in [1.165, 1.54) is 6.92 Å². The lowest BCUT2D eigenvalue weighted by atomic mass is 9.98. The van der Waals surface area contributed by atoms with E-state index >= 15 is 4.39 Å². The van der Waals surface area contributed by atoms with Gasteiger partial charge in [-0.1, -0.05) is 6.58 Å². The number of hydrogen-bond acceptors (Lipinski definition) is 5. The first-order chi connectivity index (χ1) is 16.1. The molecule has 0 amide bonds. The molecule has 1 aliphatic heterocycles. The molecule has 10 heteroatoms. The molecule has 3 aromatic heterocycles. The number of nitrogens with two attached hydrogens (primary N) is 1.